The molecule has 0 unspecified atom stereocenters. The molecule has 0 aliphatic carbocycles. The summed E-state index contributed by atoms with van der Waals surface area (Å²) in [7, 11) is 6.72. The SMILES string of the molecule is C#C.CO.[B]c1ccc(Cc2cc([C@H]3C[C@@H](O)C[C@@H](CO)O3)ccc2Cl)cc1. The average Bonchev–Trinajstić information content (AvgIpc) is 2.73. The van der Waals surface area contributed by atoms with Gasteiger partial charge in [-0.2, -0.15) is 0 Å². The summed E-state index contributed by atoms with van der Waals surface area (Å²) in [6.07, 6.45) is 8.68. The zero-order chi connectivity index (χ0) is 21.1. The first kappa shape index (κ1) is 24.2. The van der Waals surface area contributed by atoms with E-state index in [1.54, 1.807) is 0 Å². The molecule has 0 amide bonds. The van der Waals surface area contributed by atoms with E-state index in [4.69, 9.17) is 29.3 Å². The molecule has 1 aliphatic heterocycles. The van der Waals surface area contributed by atoms with Gasteiger partial charge in [0.1, 0.15) is 7.85 Å². The highest BCUT2D eigenvalue weighted by molar-refractivity contribution is 6.32. The van der Waals surface area contributed by atoms with Gasteiger partial charge in [0.2, 0.25) is 0 Å². The maximum absolute atomic E-state index is 10.00. The minimum atomic E-state index is -0.461. The standard InChI is InChI=1S/C19H20BClO3.C2H2.CH4O/c20-15-4-1-12(2-5-15)7-14-8-13(3-6-18(14)21)19-10-16(23)9-17(11-22)24-19;2*1-2/h1-6,8,16-17,19,22-23H,7,9-11H2;1-2H;2H,1H3/t16-,17-,19+;;/m0../s1. The van der Waals surface area contributed by atoms with Crippen molar-refractivity contribution in [3.63, 3.8) is 0 Å². The highest BCUT2D eigenvalue weighted by atomic mass is 35.5. The van der Waals surface area contributed by atoms with Crippen molar-refractivity contribution >= 4 is 24.9 Å². The molecule has 6 heteroatoms. The Morgan fingerprint density at radius 2 is 1.75 bits per heavy atom. The van der Waals surface area contributed by atoms with Crippen LogP contribution in [0.5, 0.6) is 0 Å². The lowest BCUT2D eigenvalue weighted by Crippen LogP contribution is -2.33. The number of aliphatic hydroxyl groups is 3. The summed E-state index contributed by atoms with van der Waals surface area (Å²) >= 11 is 6.35. The average molecular weight is 401 g/mol. The minimum Gasteiger partial charge on any atom is -0.400 e. The molecule has 0 spiro atoms. The molecular formula is C22H26BClO4. The monoisotopic (exact) mass is 400 g/mol. The van der Waals surface area contributed by atoms with Gasteiger partial charge in [0.15, 0.2) is 0 Å². The maximum Gasteiger partial charge on any atom is 0.113 e. The van der Waals surface area contributed by atoms with Crippen molar-refractivity contribution in [1.82, 2.24) is 0 Å². The highest BCUT2D eigenvalue weighted by Crippen LogP contribution is 2.33. The number of halogens is 1. The molecule has 0 bridgehead atoms. The van der Waals surface area contributed by atoms with Gasteiger partial charge in [0, 0.05) is 25.0 Å². The minimum absolute atomic E-state index is 0.0839. The third kappa shape index (κ3) is 6.98. The molecule has 0 saturated carbocycles. The molecule has 3 rings (SSSR count). The van der Waals surface area contributed by atoms with Gasteiger partial charge in [0.05, 0.1) is 24.9 Å². The van der Waals surface area contributed by atoms with E-state index in [-0.39, 0.29) is 18.8 Å². The van der Waals surface area contributed by atoms with Gasteiger partial charge in [-0.15, -0.1) is 12.8 Å². The smallest absolute Gasteiger partial charge is 0.113 e. The molecule has 3 N–H and O–H groups in total. The third-order valence-corrected chi connectivity index (χ3v) is 4.77. The zero-order valence-electron chi connectivity index (χ0n) is 16.0. The Balaban J connectivity index is 0.000000921. The Bertz CT molecular complexity index is 733. The van der Waals surface area contributed by atoms with Crippen molar-refractivity contribution in [2.75, 3.05) is 13.7 Å². The van der Waals surface area contributed by atoms with Crippen LogP contribution >= 0.6 is 11.6 Å². The van der Waals surface area contributed by atoms with E-state index in [2.05, 4.69) is 12.8 Å². The summed E-state index contributed by atoms with van der Waals surface area (Å²) < 4.78 is 5.88. The summed E-state index contributed by atoms with van der Waals surface area (Å²) in [5.74, 6) is 0. The third-order valence-electron chi connectivity index (χ3n) is 4.40. The lowest BCUT2D eigenvalue weighted by molar-refractivity contribution is -0.113. The molecule has 28 heavy (non-hydrogen) atoms. The number of terminal acetylenes is 1. The van der Waals surface area contributed by atoms with Crippen LogP contribution in [-0.4, -0.2) is 49.1 Å². The van der Waals surface area contributed by atoms with Crippen LogP contribution in [0.4, 0.5) is 0 Å². The van der Waals surface area contributed by atoms with Crippen molar-refractivity contribution in [3.05, 3.63) is 64.2 Å². The molecular weight excluding hydrogens is 375 g/mol. The van der Waals surface area contributed by atoms with Gasteiger partial charge in [-0.3, -0.25) is 0 Å². The highest BCUT2D eigenvalue weighted by Gasteiger charge is 2.29. The number of rotatable bonds is 4. The molecule has 2 aromatic carbocycles. The van der Waals surface area contributed by atoms with Crippen LogP contribution in [0.1, 0.15) is 35.6 Å². The molecule has 3 atom stereocenters. The first-order valence-electron chi connectivity index (χ1n) is 8.90. The second kappa shape index (κ2) is 12.6. The Labute approximate surface area is 173 Å². The Morgan fingerprint density at radius 1 is 1.11 bits per heavy atom. The lowest BCUT2D eigenvalue weighted by atomic mass is 9.92. The van der Waals surface area contributed by atoms with Gasteiger partial charge >= 0.3 is 0 Å². The van der Waals surface area contributed by atoms with Crippen molar-refractivity contribution in [2.24, 2.45) is 0 Å². The van der Waals surface area contributed by atoms with Crippen LogP contribution in [0, 0.1) is 12.8 Å². The number of hydrogen-bond donors (Lipinski definition) is 3. The quantitative estimate of drug-likeness (QED) is 0.543. The van der Waals surface area contributed by atoms with E-state index < -0.39 is 6.10 Å². The van der Waals surface area contributed by atoms with Gasteiger partial charge in [-0.25, -0.2) is 0 Å². The lowest BCUT2D eigenvalue weighted by Gasteiger charge is -2.32. The Morgan fingerprint density at radius 3 is 2.36 bits per heavy atom. The molecule has 1 fully saturated rings. The molecule has 1 heterocycles. The largest absolute Gasteiger partial charge is 0.400 e. The van der Waals surface area contributed by atoms with E-state index in [0.717, 1.165) is 29.3 Å². The van der Waals surface area contributed by atoms with Crippen molar-refractivity contribution in [3.8, 4) is 12.8 Å². The fourth-order valence-electron chi connectivity index (χ4n) is 3.11. The van der Waals surface area contributed by atoms with E-state index in [0.29, 0.717) is 24.3 Å². The van der Waals surface area contributed by atoms with Crippen LogP contribution < -0.4 is 5.46 Å². The fourth-order valence-corrected chi connectivity index (χ4v) is 3.29. The van der Waals surface area contributed by atoms with Crippen LogP contribution in [0.15, 0.2) is 42.5 Å². The van der Waals surface area contributed by atoms with E-state index >= 15 is 0 Å². The van der Waals surface area contributed by atoms with E-state index in [1.807, 2.05) is 42.5 Å². The molecule has 148 valence electrons. The van der Waals surface area contributed by atoms with Crippen LogP contribution in [0.3, 0.4) is 0 Å². The van der Waals surface area contributed by atoms with Crippen LogP contribution in [-0.2, 0) is 11.2 Å². The second-order valence-electron chi connectivity index (χ2n) is 6.32. The normalized spacial score (nSPS) is 20.9. The fraction of sp³-hybridized carbons (Fsp3) is 0.364. The van der Waals surface area contributed by atoms with Gasteiger partial charge in [0.25, 0.3) is 0 Å². The number of benzene rings is 2. The van der Waals surface area contributed by atoms with Crippen LogP contribution in [0.2, 0.25) is 5.02 Å². The summed E-state index contributed by atoms with van der Waals surface area (Å²) in [4.78, 5) is 0. The molecule has 2 radical (unpaired) electrons. The van der Waals surface area contributed by atoms with Crippen molar-refractivity contribution in [1.29, 1.82) is 0 Å². The van der Waals surface area contributed by atoms with Gasteiger partial charge < -0.3 is 20.1 Å². The topological polar surface area (TPSA) is 69.9 Å². The van der Waals surface area contributed by atoms with Gasteiger partial charge in [-0.1, -0.05) is 53.5 Å². The maximum atomic E-state index is 10.00. The van der Waals surface area contributed by atoms with Crippen molar-refractivity contribution < 1.29 is 20.1 Å². The zero-order valence-corrected chi connectivity index (χ0v) is 16.7. The summed E-state index contributed by atoms with van der Waals surface area (Å²) in [6.45, 7) is -0.0839. The Kier molecular flexibility index (Phi) is 10.9. The molecule has 0 aromatic heterocycles. The predicted octanol–water partition coefficient (Wildman–Crippen LogP) is 2.16. The second-order valence-corrected chi connectivity index (χ2v) is 6.73. The predicted molar refractivity (Wildman–Crippen MR) is 114 cm³/mol. The molecule has 1 saturated heterocycles. The molecule has 2 aromatic rings. The molecule has 1 aliphatic rings. The number of hydrogen-bond acceptors (Lipinski definition) is 4. The Hall–Kier alpha value is -1.81. The first-order valence-corrected chi connectivity index (χ1v) is 9.28. The molecule has 4 nitrogen and oxygen atoms in total. The van der Waals surface area contributed by atoms with E-state index in [9.17, 15) is 10.2 Å². The van der Waals surface area contributed by atoms with Crippen molar-refractivity contribution in [2.45, 2.75) is 37.6 Å². The number of aliphatic hydroxyl groups excluding tert-OH is 3. The summed E-state index contributed by atoms with van der Waals surface area (Å²) in [5, 5.41) is 27.0. The number of ether oxygens (including phenoxy) is 1. The van der Waals surface area contributed by atoms with Gasteiger partial charge in [-0.05, 0) is 29.2 Å². The first-order chi connectivity index (χ1) is 13.5. The summed E-state index contributed by atoms with van der Waals surface area (Å²) in [6, 6.07) is 13.5. The van der Waals surface area contributed by atoms with Crippen LogP contribution in [0.25, 0.3) is 0 Å². The van der Waals surface area contributed by atoms with E-state index in [1.165, 1.54) is 0 Å². The summed E-state index contributed by atoms with van der Waals surface area (Å²) in [5.41, 5.74) is 3.84.